The van der Waals surface area contributed by atoms with Gasteiger partial charge in [-0.15, -0.1) is 0 Å². The Morgan fingerprint density at radius 1 is 1.37 bits per heavy atom. The fraction of sp³-hybridized carbons (Fsp3) is 0.571. The van der Waals surface area contributed by atoms with E-state index in [2.05, 4.69) is 10.2 Å². The molecule has 0 aromatic heterocycles. The van der Waals surface area contributed by atoms with E-state index in [1.54, 1.807) is 20.2 Å². The Bertz CT molecular complexity index is 388. The first-order valence-corrected chi connectivity index (χ1v) is 6.46. The highest BCUT2D eigenvalue weighted by Gasteiger charge is 2.18. The predicted molar refractivity (Wildman–Crippen MR) is 72.1 cm³/mol. The highest BCUT2D eigenvalue weighted by Crippen LogP contribution is 2.20. The second-order valence-electron chi connectivity index (χ2n) is 4.37. The quantitative estimate of drug-likeness (QED) is 0.785. The largest absolute Gasteiger partial charge is 0.383 e. The Kier molecular flexibility index (Phi) is 6.91. The van der Waals surface area contributed by atoms with Gasteiger partial charge < -0.3 is 10.1 Å². The Morgan fingerprint density at radius 2 is 2.11 bits per heavy atom. The number of methoxy groups -OCH3 is 1. The lowest BCUT2D eigenvalue weighted by Crippen LogP contribution is -2.36. The van der Waals surface area contributed by atoms with Crippen molar-refractivity contribution in [3.8, 4) is 0 Å². The van der Waals surface area contributed by atoms with Gasteiger partial charge in [-0.3, -0.25) is 4.90 Å². The number of hydrogen-bond donors (Lipinski definition) is 1. The van der Waals surface area contributed by atoms with Crippen LogP contribution >= 0.6 is 0 Å². The third-order valence-corrected chi connectivity index (χ3v) is 3.20. The molecular weight excluding hydrogens is 250 g/mol. The molecule has 0 amide bonds. The van der Waals surface area contributed by atoms with Gasteiger partial charge in [0, 0.05) is 31.8 Å². The van der Waals surface area contributed by atoms with Crippen LogP contribution in [0.15, 0.2) is 18.2 Å². The molecular formula is C14H22F2N2O. The first kappa shape index (κ1) is 16.0. The SMILES string of the molecule is CCN(CCOC)CC(NC)c1cccc(F)c1F. The molecule has 3 nitrogen and oxygen atoms in total. The number of benzene rings is 1. The summed E-state index contributed by atoms with van der Waals surface area (Å²) in [6.45, 7) is 4.86. The number of rotatable bonds is 8. The van der Waals surface area contributed by atoms with Gasteiger partial charge in [-0.1, -0.05) is 19.1 Å². The van der Waals surface area contributed by atoms with E-state index in [9.17, 15) is 8.78 Å². The number of hydrogen-bond acceptors (Lipinski definition) is 3. The zero-order valence-corrected chi connectivity index (χ0v) is 11.7. The number of halogens is 2. The molecule has 1 unspecified atom stereocenters. The first-order chi connectivity index (χ1) is 9.13. The number of likely N-dealkylation sites (N-methyl/N-ethyl adjacent to an activating group) is 2. The van der Waals surface area contributed by atoms with Crippen molar-refractivity contribution in [3.63, 3.8) is 0 Å². The van der Waals surface area contributed by atoms with Crippen molar-refractivity contribution in [2.24, 2.45) is 0 Å². The van der Waals surface area contributed by atoms with E-state index in [0.29, 0.717) is 18.7 Å². The van der Waals surface area contributed by atoms with Crippen LogP contribution in [-0.2, 0) is 4.74 Å². The van der Waals surface area contributed by atoms with Crippen LogP contribution in [0.2, 0.25) is 0 Å². The molecule has 0 aliphatic rings. The molecule has 0 saturated heterocycles. The average molecular weight is 272 g/mol. The molecule has 1 rings (SSSR count). The zero-order chi connectivity index (χ0) is 14.3. The maximum atomic E-state index is 13.8. The van der Waals surface area contributed by atoms with Crippen molar-refractivity contribution in [1.82, 2.24) is 10.2 Å². The maximum absolute atomic E-state index is 13.8. The van der Waals surface area contributed by atoms with Gasteiger partial charge in [0.05, 0.1) is 6.61 Å². The fourth-order valence-corrected chi connectivity index (χ4v) is 1.99. The second-order valence-corrected chi connectivity index (χ2v) is 4.37. The summed E-state index contributed by atoms with van der Waals surface area (Å²) in [4.78, 5) is 2.13. The third-order valence-electron chi connectivity index (χ3n) is 3.20. The summed E-state index contributed by atoms with van der Waals surface area (Å²) in [5.74, 6) is -1.58. The van der Waals surface area contributed by atoms with Gasteiger partial charge in [-0.25, -0.2) is 8.78 Å². The van der Waals surface area contributed by atoms with Gasteiger partial charge >= 0.3 is 0 Å². The highest BCUT2D eigenvalue weighted by molar-refractivity contribution is 5.22. The predicted octanol–water partition coefficient (Wildman–Crippen LogP) is 2.19. The molecule has 0 bridgehead atoms. The smallest absolute Gasteiger partial charge is 0.163 e. The maximum Gasteiger partial charge on any atom is 0.163 e. The van der Waals surface area contributed by atoms with Crippen molar-refractivity contribution in [1.29, 1.82) is 0 Å². The van der Waals surface area contributed by atoms with Crippen LogP contribution in [0.25, 0.3) is 0 Å². The van der Waals surface area contributed by atoms with Crippen molar-refractivity contribution in [2.45, 2.75) is 13.0 Å². The van der Waals surface area contributed by atoms with Crippen molar-refractivity contribution in [3.05, 3.63) is 35.4 Å². The monoisotopic (exact) mass is 272 g/mol. The molecule has 0 fully saturated rings. The minimum absolute atomic E-state index is 0.243. The van der Waals surface area contributed by atoms with E-state index in [4.69, 9.17) is 4.74 Å². The summed E-state index contributed by atoms with van der Waals surface area (Å²) in [6.07, 6.45) is 0. The Morgan fingerprint density at radius 3 is 2.68 bits per heavy atom. The van der Waals surface area contributed by atoms with Gasteiger partial charge in [0.2, 0.25) is 0 Å². The van der Waals surface area contributed by atoms with Crippen LogP contribution in [-0.4, -0.2) is 45.3 Å². The lowest BCUT2D eigenvalue weighted by Gasteiger charge is -2.26. The van der Waals surface area contributed by atoms with Crippen LogP contribution in [0.4, 0.5) is 8.78 Å². The molecule has 0 radical (unpaired) electrons. The van der Waals surface area contributed by atoms with E-state index in [-0.39, 0.29) is 6.04 Å². The zero-order valence-electron chi connectivity index (χ0n) is 11.7. The molecule has 1 atom stereocenters. The Balaban J connectivity index is 2.79. The molecule has 0 aliphatic heterocycles. The first-order valence-electron chi connectivity index (χ1n) is 6.46. The van der Waals surface area contributed by atoms with Gasteiger partial charge in [-0.05, 0) is 19.7 Å². The van der Waals surface area contributed by atoms with Crippen LogP contribution in [0.5, 0.6) is 0 Å². The molecule has 0 aliphatic carbocycles. The lowest BCUT2D eigenvalue weighted by atomic mass is 10.1. The van der Waals surface area contributed by atoms with Crippen LogP contribution in [0, 0.1) is 11.6 Å². The fourth-order valence-electron chi connectivity index (χ4n) is 1.99. The molecule has 1 aromatic rings. The molecule has 0 spiro atoms. The van der Waals surface area contributed by atoms with Crippen molar-refractivity contribution >= 4 is 0 Å². The summed E-state index contributed by atoms with van der Waals surface area (Å²) in [5.41, 5.74) is 0.360. The van der Waals surface area contributed by atoms with E-state index in [1.807, 2.05) is 6.92 Å². The van der Waals surface area contributed by atoms with Gasteiger partial charge in [0.15, 0.2) is 11.6 Å². The Hall–Kier alpha value is -1.04. The van der Waals surface area contributed by atoms with Gasteiger partial charge in [-0.2, -0.15) is 0 Å². The molecule has 5 heteroatoms. The third kappa shape index (κ3) is 4.53. The van der Waals surface area contributed by atoms with Gasteiger partial charge in [0.1, 0.15) is 0 Å². The summed E-state index contributed by atoms with van der Waals surface area (Å²) in [7, 11) is 3.40. The summed E-state index contributed by atoms with van der Waals surface area (Å²) in [5, 5.41) is 3.04. The van der Waals surface area contributed by atoms with E-state index in [0.717, 1.165) is 19.2 Å². The molecule has 0 heterocycles. The van der Waals surface area contributed by atoms with E-state index < -0.39 is 11.6 Å². The molecule has 1 aromatic carbocycles. The molecule has 108 valence electrons. The van der Waals surface area contributed by atoms with Gasteiger partial charge in [0.25, 0.3) is 0 Å². The normalized spacial score (nSPS) is 12.9. The number of nitrogens with zero attached hydrogens (tertiary/aromatic N) is 1. The summed E-state index contributed by atoms with van der Waals surface area (Å²) < 4.78 is 32.1. The highest BCUT2D eigenvalue weighted by atomic mass is 19.2. The van der Waals surface area contributed by atoms with E-state index >= 15 is 0 Å². The molecule has 19 heavy (non-hydrogen) atoms. The number of nitrogens with one attached hydrogen (secondary N) is 1. The minimum Gasteiger partial charge on any atom is -0.383 e. The molecule has 0 saturated carbocycles. The second kappa shape index (κ2) is 8.19. The lowest BCUT2D eigenvalue weighted by molar-refractivity contribution is 0.144. The van der Waals surface area contributed by atoms with Crippen molar-refractivity contribution in [2.75, 3.05) is 40.4 Å². The van der Waals surface area contributed by atoms with Crippen molar-refractivity contribution < 1.29 is 13.5 Å². The van der Waals surface area contributed by atoms with E-state index in [1.165, 1.54) is 6.07 Å². The summed E-state index contributed by atoms with van der Waals surface area (Å²) in [6, 6.07) is 4.04. The topological polar surface area (TPSA) is 24.5 Å². The van der Waals surface area contributed by atoms with Crippen LogP contribution in [0.1, 0.15) is 18.5 Å². The van der Waals surface area contributed by atoms with Crippen LogP contribution < -0.4 is 5.32 Å². The Labute approximate surface area is 113 Å². The number of ether oxygens (including phenoxy) is 1. The van der Waals surface area contributed by atoms with Crippen LogP contribution in [0.3, 0.4) is 0 Å². The standard InChI is InChI=1S/C14H22F2N2O/c1-4-18(8-9-19-3)10-13(17-2)11-6-5-7-12(15)14(11)16/h5-7,13,17H,4,8-10H2,1-3H3. The molecule has 1 N–H and O–H groups in total. The summed E-state index contributed by atoms with van der Waals surface area (Å²) >= 11 is 0. The minimum atomic E-state index is -0.808. The average Bonchev–Trinajstić information content (AvgIpc) is 2.43.